The first kappa shape index (κ1) is 11.8. The van der Waals surface area contributed by atoms with Crippen LogP contribution in [0.3, 0.4) is 0 Å². The van der Waals surface area contributed by atoms with Crippen molar-refractivity contribution in [2.75, 3.05) is 26.3 Å². The van der Waals surface area contributed by atoms with Gasteiger partial charge in [0.05, 0.1) is 13.2 Å². The molecule has 1 saturated heterocycles. The first-order valence-corrected chi connectivity index (χ1v) is 6.28. The van der Waals surface area contributed by atoms with Gasteiger partial charge in [0.25, 0.3) is 0 Å². The normalized spacial score (nSPS) is 28.0. The molecule has 14 heavy (non-hydrogen) atoms. The van der Waals surface area contributed by atoms with E-state index in [4.69, 9.17) is 0 Å². The highest BCUT2D eigenvalue weighted by Gasteiger charge is 2.25. The van der Waals surface area contributed by atoms with Gasteiger partial charge in [-0.3, -0.25) is 0 Å². The molecule has 1 aliphatic rings. The Morgan fingerprint density at radius 3 is 1.71 bits per heavy atom. The highest BCUT2D eigenvalue weighted by atomic mass is 32.3. The molecule has 1 rings (SSSR count). The van der Waals surface area contributed by atoms with Gasteiger partial charge in [-0.1, -0.05) is 0 Å². The number of hydrogen-bond donors (Lipinski definition) is 1. The summed E-state index contributed by atoms with van der Waals surface area (Å²) in [5.74, 6) is 0. The number of hydrogen-bond acceptors (Lipinski definition) is 8. The third-order valence-electron chi connectivity index (χ3n) is 1.18. The van der Waals surface area contributed by atoms with E-state index in [1.54, 1.807) is 0 Å². The minimum absolute atomic E-state index is 0.197. The molecule has 0 unspecified atom stereocenters. The van der Waals surface area contributed by atoms with Gasteiger partial charge in [-0.15, -0.1) is 3.63 Å². The van der Waals surface area contributed by atoms with Crippen molar-refractivity contribution in [1.29, 1.82) is 0 Å². The minimum Gasteiger partial charge on any atom is -0.312 e. The molecule has 0 aromatic rings. The van der Waals surface area contributed by atoms with Crippen molar-refractivity contribution in [3.05, 3.63) is 0 Å². The van der Waals surface area contributed by atoms with Crippen LogP contribution >= 0.6 is 0 Å². The van der Waals surface area contributed by atoms with E-state index in [9.17, 15) is 16.8 Å². The fourth-order valence-electron chi connectivity index (χ4n) is 0.698. The van der Waals surface area contributed by atoms with E-state index in [1.807, 2.05) is 0 Å². The second kappa shape index (κ2) is 4.51. The molecule has 84 valence electrons. The lowest BCUT2D eigenvalue weighted by atomic mass is 10.6. The van der Waals surface area contributed by atoms with Gasteiger partial charge in [-0.2, -0.15) is 16.8 Å². The Bertz CT molecular complexity index is 334. The second-order valence-corrected chi connectivity index (χ2v) is 4.93. The van der Waals surface area contributed by atoms with Gasteiger partial charge >= 0.3 is 20.8 Å². The fourth-order valence-corrected chi connectivity index (χ4v) is 2.40. The molecular formula is C4H9NO7S2. The lowest BCUT2D eigenvalue weighted by Crippen LogP contribution is -2.30. The highest BCUT2D eigenvalue weighted by molar-refractivity contribution is 7.95. The fraction of sp³-hybridized carbons (Fsp3) is 1.00. The average Bonchev–Trinajstić information content (AvgIpc) is 1.99. The molecule has 0 saturated carbocycles. The second-order valence-electron chi connectivity index (χ2n) is 2.28. The number of rotatable bonds is 0. The van der Waals surface area contributed by atoms with Crippen molar-refractivity contribution in [3.8, 4) is 0 Å². The van der Waals surface area contributed by atoms with Gasteiger partial charge in [-0.25, -0.2) is 8.37 Å². The van der Waals surface area contributed by atoms with Crippen molar-refractivity contribution in [2.45, 2.75) is 0 Å². The van der Waals surface area contributed by atoms with E-state index in [0.717, 1.165) is 0 Å². The zero-order valence-electron chi connectivity index (χ0n) is 7.00. The predicted molar refractivity (Wildman–Crippen MR) is 43.7 cm³/mol. The molecule has 0 spiro atoms. The molecule has 1 heterocycles. The summed E-state index contributed by atoms with van der Waals surface area (Å²) in [5, 5.41) is 2.70. The molecule has 8 nitrogen and oxygen atoms in total. The quantitative estimate of drug-likeness (QED) is 0.530. The Hall–Kier alpha value is -0.260. The molecule has 0 aromatic carbocycles. The maximum atomic E-state index is 10.8. The van der Waals surface area contributed by atoms with Crippen LogP contribution in [0.4, 0.5) is 0 Å². The summed E-state index contributed by atoms with van der Waals surface area (Å²) in [6.07, 6.45) is 0. The van der Waals surface area contributed by atoms with Gasteiger partial charge in [0.15, 0.2) is 0 Å². The Kier molecular flexibility index (Phi) is 3.80. The van der Waals surface area contributed by atoms with Crippen LogP contribution in [0.25, 0.3) is 0 Å². The van der Waals surface area contributed by atoms with E-state index in [0.29, 0.717) is 0 Å². The maximum absolute atomic E-state index is 10.8. The van der Waals surface area contributed by atoms with Crippen LogP contribution in [0.2, 0.25) is 0 Å². The molecule has 10 heteroatoms. The van der Waals surface area contributed by atoms with Crippen molar-refractivity contribution in [1.82, 2.24) is 5.32 Å². The van der Waals surface area contributed by atoms with Crippen LogP contribution in [0.5, 0.6) is 0 Å². The van der Waals surface area contributed by atoms with Gasteiger partial charge in [0.2, 0.25) is 0 Å². The SMILES string of the molecule is O=S1(=O)OCCNCCOS(=O)(=O)O1. The van der Waals surface area contributed by atoms with Crippen LogP contribution in [-0.2, 0) is 32.8 Å². The van der Waals surface area contributed by atoms with Gasteiger partial charge in [0.1, 0.15) is 0 Å². The predicted octanol–water partition coefficient (Wildman–Crippen LogP) is -1.87. The summed E-state index contributed by atoms with van der Waals surface area (Å²) in [6.45, 7) is 0.119. The van der Waals surface area contributed by atoms with Crippen molar-refractivity contribution in [2.24, 2.45) is 0 Å². The molecule has 0 aliphatic carbocycles. The van der Waals surface area contributed by atoms with Crippen LogP contribution in [0.1, 0.15) is 0 Å². The largest absolute Gasteiger partial charge is 0.416 e. The zero-order chi connectivity index (χ0) is 10.7. The van der Waals surface area contributed by atoms with E-state index in [-0.39, 0.29) is 26.3 Å². The van der Waals surface area contributed by atoms with Crippen molar-refractivity contribution in [3.63, 3.8) is 0 Å². The van der Waals surface area contributed by atoms with Crippen molar-refractivity contribution < 1.29 is 28.8 Å². The van der Waals surface area contributed by atoms with E-state index in [1.165, 1.54) is 0 Å². The first-order chi connectivity index (χ1) is 6.41. The Morgan fingerprint density at radius 2 is 1.29 bits per heavy atom. The van der Waals surface area contributed by atoms with Crippen LogP contribution in [0, 0.1) is 0 Å². The van der Waals surface area contributed by atoms with E-state index in [2.05, 4.69) is 17.3 Å². The molecule has 0 bridgehead atoms. The Balaban J connectivity index is 2.75. The third kappa shape index (κ3) is 4.30. The summed E-state index contributed by atoms with van der Waals surface area (Å²) in [6, 6.07) is 0. The highest BCUT2D eigenvalue weighted by Crippen LogP contribution is 2.05. The van der Waals surface area contributed by atoms with Gasteiger partial charge < -0.3 is 5.32 Å². The molecular weight excluding hydrogens is 238 g/mol. The molecule has 0 atom stereocenters. The molecule has 0 aromatic heterocycles. The lowest BCUT2D eigenvalue weighted by Gasteiger charge is -2.10. The third-order valence-corrected chi connectivity index (χ3v) is 3.42. The summed E-state index contributed by atoms with van der Waals surface area (Å²) >= 11 is 0. The van der Waals surface area contributed by atoms with Crippen LogP contribution in [0.15, 0.2) is 0 Å². The Labute approximate surface area is 81.8 Å². The zero-order valence-corrected chi connectivity index (χ0v) is 8.64. The summed E-state index contributed by atoms with van der Waals surface area (Å²) in [5.41, 5.74) is 0. The van der Waals surface area contributed by atoms with Crippen LogP contribution < -0.4 is 5.32 Å². The van der Waals surface area contributed by atoms with Gasteiger partial charge in [-0.05, 0) is 0 Å². The molecule has 0 amide bonds. The van der Waals surface area contributed by atoms with Crippen molar-refractivity contribution >= 4 is 20.8 Å². The topological polar surface area (TPSA) is 108 Å². The molecule has 1 aliphatic heterocycles. The Morgan fingerprint density at radius 1 is 0.857 bits per heavy atom. The van der Waals surface area contributed by atoms with E-state index >= 15 is 0 Å². The lowest BCUT2D eigenvalue weighted by molar-refractivity contribution is 0.223. The first-order valence-electron chi connectivity index (χ1n) is 3.62. The van der Waals surface area contributed by atoms with Crippen LogP contribution in [-0.4, -0.2) is 43.1 Å². The van der Waals surface area contributed by atoms with Gasteiger partial charge in [0, 0.05) is 13.1 Å². The van der Waals surface area contributed by atoms with E-state index < -0.39 is 20.8 Å². The molecule has 1 fully saturated rings. The smallest absolute Gasteiger partial charge is 0.312 e. The standard InChI is InChI=1S/C4H9NO7S2/c6-13(7)10-3-1-5-2-4-11-14(8,9)12-13/h5H,1-4H2. The maximum Gasteiger partial charge on any atom is 0.416 e. The average molecular weight is 247 g/mol. The monoisotopic (exact) mass is 247 g/mol. The molecule has 0 radical (unpaired) electrons. The summed E-state index contributed by atoms with van der Waals surface area (Å²) in [7, 11) is -9.09. The number of nitrogens with one attached hydrogen (secondary N) is 1. The minimum atomic E-state index is -4.54. The molecule has 1 N–H and O–H groups in total. The summed E-state index contributed by atoms with van der Waals surface area (Å²) in [4.78, 5) is 0. The summed E-state index contributed by atoms with van der Waals surface area (Å²) < 4.78 is 55.1.